The van der Waals surface area contributed by atoms with E-state index in [4.69, 9.17) is 0 Å². The molecule has 2 rings (SSSR count). The second-order valence-electron chi connectivity index (χ2n) is 5.78. The third-order valence-corrected chi connectivity index (χ3v) is 3.67. The van der Waals surface area contributed by atoms with Crippen LogP contribution in [0.3, 0.4) is 0 Å². The highest BCUT2D eigenvalue weighted by molar-refractivity contribution is 5.92. The molecule has 0 aromatic heterocycles. The second kappa shape index (κ2) is 5.71. The summed E-state index contributed by atoms with van der Waals surface area (Å²) in [5.41, 5.74) is -0.746. The molecule has 2 N–H and O–H groups in total. The van der Waals surface area contributed by atoms with E-state index in [-0.39, 0.29) is 43.3 Å². The SMILES string of the molecule is CC1(C)NC(=O)CN1C(=O)CNC(=O)CN1CCCC1=O. The molecule has 21 heavy (non-hydrogen) atoms. The largest absolute Gasteiger partial charge is 0.345 e. The Morgan fingerprint density at radius 1 is 1.33 bits per heavy atom. The first-order chi connectivity index (χ1) is 9.79. The first-order valence-electron chi connectivity index (χ1n) is 6.95. The minimum absolute atomic E-state index is 0.00762. The number of rotatable bonds is 4. The van der Waals surface area contributed by atoms with Crippen LogP contribution in [-0.4, -0.2) is 65.3 Å². The van der Waals surface area contributed by atoms with Crippen LogP contribution in [0.25, 0.3) is 0 Å². The number of amides is 4. The minimum atomic E-state index is -0.746. The van der Waals surface area contributed by atoms with Gasteiger partial charge in [-0.25, -0.2) is 0 Å². The van der Waals surface area contributed by atoms with Crippen molar-refractivity contribution in [1.82, 2.24) is 20.4 Å². The van der Waals surface area contributed by atoms with Gasteiger partial charge in [0.15, 0.2) is 0 Å². The maximum absolute atomic E-state index is 12.1. The lowest BCUT2D eigenvalue weighted by atomic mass is 10.2. The Morgan fingerprint density at radius 2 is 2.05 bits per heavy atom. The Kier molecular flexibility index (Phi) is 4.15. The summed E-state index contributed by atoms with van der Waals surface area (Å²) in [6, 6.07) is 0. The molecule has 0 aliphatic carbocycles. The Bertz CT molecular complexity index is 489. The molecule has 0 bridgehead atoms. The van der Waals surface area contributed by atoms with E-state index in [1.807, 2.05) is 0 Å². The Labute approximate surface area is 122 Å². The summed E-state index contributed by atoms with van der Waals surface area (Å²) in [7, 11) is 0. The topological polar surface area (TPSA) is 98.8 Å². The highest BCUT2D eigenvalue weighted by atomic mass is 16.2. The van der Waals surface area contributed by atoms with Crippen molar-refractivity contribution in [2.24, 2.45) is 0 Å². The van der Waals surface area contributed by atoms with Crippen LogP contribution in [0.1, 0.15) is 26.7 Å². The van der Waals surface area contributed by atoms with Crippen molar-refractivity contribution >= 4 is 23.6 Å². The first kappa shape index (κ1) is 15.3. The predicted molar refractivity (Wildman–Crippen MR) is 72.8 cm³/mol. The van der Waals surface area contributed by atoms with E-state index >= 15 is 0 Å². The van der Waals surface area contributed by atoms with Crippen LogP contribution >= 0.6 is 0 Å². The van der Waals surface area contributed by atoms with Crippen molar-refractivity contribution in [2.75, 3.05) is 26.2 Å². The molecule has 116 valence electrons. The molecular weight excluding hydrogens is 276 g/mol. The molecule has 0 radical (unpaired) electrons. The first-order valence-corrected chi connectivity index (χ1v) is 6.95. The normalized spacial score (nSPS) is 20.7. The van der Waals surface area contributed by atoms with Crippen molar-refractivity contribution in [3.63, 3.8) is 0 Å². The highest BCUT2D eigenvalue weighted by Crippen LogP contribution is 2.16. The fraction of sp³-hybridized carbons (Fsp3) is 0.692. The Morgan fingerprint density at radius 3 is 2.57 bits per heavy atom. The molecule has 0 spiro atoms. The van der Waals surface area contributed by atoms with Gasteiger partial charge >= 0.3 is 0 Å². The van der Waals surface area contributed by atoms with Crippen molar-refractivity contribution in [3.8, 4) is 0 Å². The summed E-state index contributed by atoms with van der Waals surface area (Å²) in [6.45, 7) is 3.82. The third-order valence-electron chi connectivity index (χ3n) is 3.67. The number of nitrogens with zero attached hydrogens (tertiary/aromatic N) is 2. The van der Waals surface area contributed by atoms with Crippen molar-refractivity contribution < 1.29 is 19.2 Å². The van der Waals surface area contributed by atoms with Gasteiger partial charge in [-0.3, -0.25) is 19.2 Å². The standard InChI is InChI=1S/C13H20N4O4/c1-13(2)15-10(19)8-17(13)12(21)6-14-9(18)7-16-5-3-4-11(16)20/h3-8H2,1-2H3,(H,14,18)(H,15,19). The van der Waals surface area contributed by atoms with Gasteiger partial charge < -0.3 is 20.4 Å². The zero-order valence-electron chi connectivity index (χ0n) is 12.3. The average Bonchev–Trinajstić information content (AvgIpc) is 2.89. The van der Waals surface area contributed by atoms with Gasteiger partial charge in [-0.2, -0.15) is 0 Å². The van der Waals surface area contributed by atoms with Gasteiger partial charge in [-0.1, -0.05) is 0 Å². The van der Waals surface area contributed by atoms with E-state index in [1.54, 1.807) is 13.8 Å². The van der Waals surface area contributed by atoms with E-state index in [9.17, 15) is 19.2 Å². The summed E-state index contributed by atoms with van der Waals surface area (Å²) < 4.78 is 0. The Balaban J connectivity index is 1.80. The molecule has 2 fully saturated rings. The lowest BCUT2D eigenvalue weighted by molar-refractivity contribution is -0.137. The molecule has 2 aliphatic rings. The number of carbonyl (C=O) groups is 4. The summed E-state index contributed by atoms with van der Waals surface area (Å²) >= 11 is 0. The molecule has 8 nitrogen and oxygen atoms in total. The van der Waals surface area contributed by atoms with Crippen molar-refractivity contribution in [2.45, 2.75) is 32.4 Å². The fourth-order valence-corrected chi connectivity index (χ4v) is 2.56. The molecule has 0 aromatic rings. The van der Waals surface area contributed by atoms with Gasteiger partial charge in [0, 0.05) is 13.0 Å². The zero-order chi connectivity index (χ0) is 15.6. The summed E-state index contributed by atoms with van der Waals surface area (Å²) in [5.74, 6) is -0.955. The number of nitrogens with one attached hydrogen (secondary N) is 2. The smallest absolute Gasteiger partial charge is 0.244 e. The quantitative estimate of drug-likeness (QED) is 0.654. The van der Waals surface area contributed by atoms with Gasteiger partial charge in [0.2, 0.25) is 23.6 Å². The van der Waals surface area contributed by atoms with Crippen LogP contribution < -0.4 is 10.6 Å². The number of likely N-dealkylation sites (tertiary alicyclic amines) is 1. The van der Waals surface area contributed by atoms with E-state index < -0.39 is 5.66 Å². The number of hydrogen-bond acceptors (Lipinski definition) is 4. The molecule has 2 aliphatic heterocycles. The van der Waals surface area contributed by atoms with Crippen LogP contribution in [0.5, 0.6) is 0 Å². The molecule has 8 heteroatoms. The number of hydrogen-bond donors (Lipinski definition) is 2. The van der Waals surface area contributed by atoms with Gasteiger partial charge in [-0.05, 0) is 20.3 Å². The van der Waals surface area contributed by atoms with Crippen molar-refractivity contribution in [1.29, 1.82) is 0 Å². The van der Waals surface area contributed by atoms with E-state index in [2.05, 4.69) is 10.6 Å². The van der Waals surface area contributed by atoms with Crippen molar-refractivity contribution in [3.05, 3.63) is 0 Å². The van der Waals surface area contributed by atoms with Gasteiger partial charge in [0.05, 0.1) is 13.1 Å². The van der Waals surface area contributed by atoms with Gasteiger partial charge in [0.1, 0.15) is 12.2 Å². The summed E-state index contributed by atoms with van der Waals surface area (Å²) in [5, 5.41) is 5.17. The maximum atomic E-state index is 12.1. The van der Waals surface area contributed by atoms with Crippen LogP contribution in [0.15, 0.2) is 0 Å². The molecule has 0 aromatic carbocycles. The molecule has 0 saturated carbocycles. The minimum Gasteiger partial charge on any atom is -0.345 e. The van der Waals surface area contributed by atoms with Gasteiger partial charge in [0.25, 0.3) is 0 Å². The maximum Gasteiger partial charge on any atom is 0.244 e. The summed E-state index contributed by atoms with van der Waals surface area (Å²) in [4.78, 5) is 49.4. The molecule has 0 unspecified atom stereocenters. The molecule has 4 amide bonds. The average molecular weight is 296 g/mol. The highest BCUT2D eigenvalue weighted by Gasteiger charge is 2.39. The zero-order valence-corrected chi connectivity index (χ0v) is 12.3. The summed E-state index contributed by atoms with van der Waals surface area (Å²) in [6.07, 6.45) is 1.24. The lowest BCUT2D eigenvalue weighted by Crippen LogP contribution is -2.52. The monoisotopic (exact) mass is 296 g/mol. The molecule has 2 saturated heterocycles. The second-order valence-corrected chi connectivity index (χ2v) is 5.78. The molecular formula is C13H20N4O4. The van der Waals surface area contributed by atoms with E-state index in [0.29, 0.717) is 13.0 Å². The van der Waals surface area contributed by atoms with Crippen LogP contribution in [0.4, 0.5) is 0 Å². The van der Waals surface area contributed by atoms with E-state index in [1.165, 1.54) is 9.80 Å². The van der Waals surface area contributed by atoms with Crippen LogP contribution in [0, 0.1) is 0 Å². The van der Waals surface area contributed by atoms with Crippen LogP contribution in [-0.2, 0) is 19.2 Å². The Hall–Kier alpha value is -2.12. The predicted octanol–water partition coefficient (Wildman–Crippen LogP) is -1.58. The van der Waals surface area contributed by atoms with E-state index in [0.717, 1.165) is 6.42 Å². The fourth-order valence-electron chi connectivity index (χ4n) is 2.56. The molecule has 0 atom stereocenters. The van der Waals surface area contributed by atoms with Crippen LogP contribution in [0.2, 0.25) is 0 Å². The number of carbonyl (C=O) groups excluding carboxylic acids is 4. The molecule has 2 heterocycles. The third kappa shape index (κ3) is 3.50. The lowest BCUT2D eigenvalue weighted by Gasteiger charge is -2.30. The van der Waals surface area contributed by atoms with Gasteiger partial charge in [-0.15, -0.1) is 0 Å².